The van der Waals surface area contributed by atoms with E-state index in [4.69, 9.17) is 9.47 Å². The number of aromatic nitrogens is 1. The zero-order valence-corrected chi connectivity index (χ0v) is 18.9. The number of nitrogens with zero attached hydrogens (tertiary/aromatic N) is 1. The van der Waals surface area contributed by atoms with Gasteiger partial charge in [-0.25, -0.2) is 9.59 Å². The molecule has 160 valence electrons. The van der Waals surface area contributed by atoms with Gasteiger partial charge in [0.25, 0.3) is 0 Å². The molecular formula is C22H27N3O4S. The Labute approximate surface area is 179 Å². The van der Waals surface area contributed by atoms with Gasteiger partial charge in [-0.05, 0) is 52.8 Å². The Morgan fingerprint density at radius 1 is 1.20 bits per heavy atom. The number of anilines is 1. The Kier molecular flexibility index (Phi) is 6.17. The van der Waals surface area contributed by atoms with Gasteiger partial charge in [-0.15, -0.1) is 11.3 Å². The lowest BCUT2D eigenvalue weighted by molar-refractivity contribution is 0.0509. The molecular weight excluding hydrogens is 402 g/mol. The van der Waals surface area contributed by atoms with E-state index in [1.54, 1.807) is 0 Å². The molecule has 0 bridgehead atoms. The number of nitrogens with one attached hydrogen (secondary N) is 2. The number of hydrogen-bond donors (Lipinski definition) is 2. The van der Waals surface area contributed by atoms with E-state index in [2.05, 4.69) is 15.6 Å². The molecule has 0 aliphatic carbocycles. The van der Waals surface area contributed by atoms with Crippen molar-refractivity contribution in [3.05, 3.63) is 34.8 Å². The summed E-state index contributed by atoms with van der Waals surface area (Å²) >= 11 is 1.37. The minimum absolute atomic E-state index is 0.226. The molecule has 0 unspecified atom stereocenters. The normalized spacial score (nSPS) is 12.6. The van der Waals surface area contributed by atoms with Crippen LogP contribution < -0.4 is 10.6 Å². The van der Waals surface area contributed by atoms with Crippen LogP contribution in [0.1, 0.15) is 43.1 Å². The number of amides is 1. The van der Waals surface area contributed by atoms with Crippen LogP contribution in [0.15, 0.2) is 24.3 Å². The van der Waals surface area contributed by atoms with Crippen molar-refractivity contribution in [3.8, 4) is 0 Å². The van der Waals surface area contributed by atoms with Crippen molar-refractivity contribution < 1.29 is 19.1 Å². The summed E-state index contributed by atoms with van der Waals surface area (Å²) in [7, 11) is 1.37. The summed E-state index contributed by atoms with van der Waals surface area (Å²) < 4.78 is 11.3. The molecule has 0 saturated heterocycles. The van der Waals surface area contributed by atoms with Gasteiger partial charge in [-0.1, -0.05) is 6.07 Å². The summed E-state index contributed by atoms with van der Waals surface area (Å²) in [6.45, 7) is 9.67. The molecule has 1 atom stereocenters. The third-order valence-electron chi connectivity index (χ3n) is 4.38. The van der Waals surface area contributed by atoms with Gasteiger partial charge in [-0.2, -0.15) is 0 Å². The highest BCUT2D eigenvalue weighted by Crippen LogP contribution is 2.40. The van der Waals surface area contributed by atoms with Gasteiger partial charge in [0, 0.05) is 33.8 Å². The van der Waals surface area contributed by atoms with Crippen LogP contribution in [0.2, 0.25) is 0 Å². The van der Waals surface area contributed by atoms with E-state index < -0.39 is 17.7 Å². The maximum Gasteiger partial charge on any atom is 0.407 e. The van der Waals surface area contributed by atoms with Crippen molar-refractivity contribution in [1.82, 2.24) is 10.3 Å². The van der Waals surface area contributed by atoms with Gasteiger partial charge in [0.15, 0.2) is 0 Å². The molecule has 8 heteroatoms. The molecule has 30 heavy (non-hydrogen) atoms. The van der Waals surface area contributed by atoms with Crippen LogP contribution in [0, 0.1) is 6.92 Å². The van der Waals surface area contributed by atoms with E-state index in [1.165, 1.54) is 18.4 Å². The number of alkyl carbamates (subject to hydrolysis) is 1. The number of benzene rings is 1. The van der Waals surface area contributed by atoms with Gasteiger partial charge in [0.1, 0.15) is 10.5 Å². The zero-order chi connectivity index (χ0) is 22.1. The largest absolute Gasteiger partial charge is 0.465 e. The second-order valence-corrected chi connectivity index (χ2v) is 9.24. The first-order valence-corrected chi connectivity index (χ1v) is 10.6. The first-order chi connectivity index (χ1) is 14.1. The topological polar surface area (TPSA) is 89.5 Å². The average molecular weight is 430 g/mol. The molecule has 1 amide bonds. The summed E-state index contributed by atoms with van der Waals surface area (Å²) in [6.07, 6.45) is -0.481. The number of esters is 1. The van der Waals surface area contributed by atoms with E-state index in [1.807, 2.05) is 58.9 Å². The van der Waals surface area contributed by atoms with Crippen molar-refractivity contribution in [2.24, 2.45) is 0 Å². The van der Waals surface area contributed by atoms with Crippen LogP contribution in [0.25, 0.3) is 21.0 Å². The number of ether oxygens (including phenoxy) is 2. The van der Waals surface area contributed by atoms with Gasteiger partial charge in [0.2, 0.25) is 0 Å². The zero-order valence-electron chi connectivity index (χ0n) is 18.1. The second-order valence-electron chi connectivity index (χ2n) is 8.18. The quantitative estimate of drug-likeness (QED) is 0.563. The van der Waals surface area contributed by atoms with Crippen LogP contribution in [0.4, 0.5) is 10.5 Å². The minimum atomic E-state index is -0.567. The highest BCUT2D eigenvalue weighted by Gasteiger charge is 2.22. The summed E-state index contributed by atoms with van der Waals surface area (Å²) in [4.78, 5) is 29.5. The van der Waals surface area contributed by atoms with Crippen molar-refractivity contribution in [2.75, 3.05) is 19.0 Å². The monoisotopic (exact) mass is 429 g/mol. The molecule has 0 fully saturated rings. The van der Waals surface area contributed by atoms with Crippen LogP contribution in [-0.4, -0.2) is 42.3 Å². The van der Waals surface area contributed by atoms with E-state index in [9.17, 15) is 9.59 Å². The number of aryl methyl sites for hydroxylation is 1. The Balaban J connectivity index is 1.93. The van der Waals surface area contributed by atoms with Crippen LogP contribution in [0.5, 0.6) is 0 Å². The van der Waals surface area contributed by atoms with Gasteiger partial charge in [0.05, 0.1) is 18.3 Å². The maximum atomic E-state index is 12.4. The SMILES string of the molecule is COC(=O)c1sc2ccc3nc(C)ccc3c2c1NC[C@@H](C)NC(=O)OC(C)(C)C. The number of thiophene rings is 1. The standard InChI is InChI=1S/C22H27N3O4S/c1-12-7-8-14-15(24-12)9-10-16-17(14)18(19(30-16)20(26)28-6)23-11-13(2)25-21(27)29-22(3,4)5/h7-10,13,23H,11H2,1-6H3,(H,25,27)/t13-/m1/s1. The third-order valence-corrected chi connectivity index (χ3v) is 5.52. The first kappa shape index (κ1) is 21.8. The molecule has 3 rings (SSSR count). The van der Waals surface area contributed by atoms with E-state index in [0.717, 1.165) is 26.7 Å². The second kappa shape index (κ2) is 8.47. The molecule has 2 heterocycles. The smallest absolute Gasteiger partial charge is 0.407 e. The average Bonchev–Trinajstić information content (AvgIpc) is 3.02. The lowest BCUT2D eigenvalue weighted by atomic mass is 10.1. The summed E-state index contributed by atoms with van der Waals surface area (Å²) in [6, 6.07) is 7.67. The van der Waals surface area contributed by atoms with Crippen molar-refractivity contribution in [2.45, 2.75) is 46.3 Å². The lowest BCUT2D eigenvalue weighted by Crippen LogP contribution is -2.40. The molecule has 7 nitrogen and oxygen atoms in total. The fourth-order valence-corrected chi connectivity index (χ4v) is 4.24. The fraction of sp³-hybridized carbons (Fsp3) is 0.409. The summed E-state index contributed by atoms with van der Waals surface area (Å²) in [5.41, 5.74) is 1.91. The lowest BCUT2D eigenvalue weighted by Gasteiger charge is -2.22. The van der Waals surface area contributed by atoms with Gasteiger partial charge < -0.3 is 20.1 Å². The summed E-state index contributed by atoms with van der Waals surface area (Å²) in [5, 5.41) is 8.03. The maximum absolute atomic E-state index is 12.4. The Morgan fingerprint density at radius 2 is 1.93 bits per heavy atom. The predicted molar refractivity (Wildman–Crippen MR) is 121 cm³/mol. The molecule has 0 radical (unpaired) electrons. The number of carbonyl (C=O) groups excluding carboxylic acids is 2. The van der Waals surface area contributed by atoms with Crippen LogP contribution >= 0.6 is 11.3 Å². The predicted octanol–water partition coefficient (Wildman–Crippen LogP) is 4.87. The van der Waals surface area contributed by atoms with Crippen molar-refractivity contribution in [1.29, 1.82) is 0 Å². The molecule has 1 aromatic carbocycles. The first-order valence-electron chi connectivity index (χ1n) is 9.73. The minimum Gasteiger partial charge on any atom is -0.465 e. The Bertz CT molecular complexity index is 1100. The Hall–Kier alpha value is -2.87. The third kappa shape index (κ3) is 4.81. The van der Waals surface area contributed by atoms with E-state index in [0.29, 0.717) is 17.1 Å². The highest BCUT2D eigenvalue weighted by molar-refractivity contribution is 7.21. The number of carbonyl (C=O) groups is 2. The van der Waals surface area contributed by atoms with Crippen molar-refractivity contribution in [3.63, 3.8) is 0 Å². The van der Waals surface area contributed by atoms with Crippen LogP contribution in [0.3, 0.4) is 0 Å². The molecule has 0 saturated carbocycles. The number of methoxy groups -OCH3 is 1. The summed E-state index contributed by atoms with van der Waals surface area (Å²) in [5.74, 6) is -0.403. The van der Waals surface area contributed by atoms with E-state index in [-0.39, 0.29) is 6.04 Å². The molecule has 0 aliphatic rings. The number of hydrogen-bond acceptors (Lipinski definition) is 7. The van der Waals surface area contributed by atoms with Crippen molar-refractivity contribution >= 4 is 50.1 Å². The highest BCUT2D eigenvalue weighted by atomic mass is 32.1. The molecule has 0 spiro atoms. The fourth-order valence-electron chi connectivity index (χ4n) is 3.12. The number of fused-ring (bicyclic) bond motifs is 3. The van der Waals surface area contributed by atoms with Gasteiger partial charge >= 0.3 is 12.1 Å². The number of pyridine rings is 1. The van der Waals surface area contributed by atoms with Gasteiger partial charge in [-0.3, -0.25) is 4.98 Å². The number of rotatable bonds is 5. The molecule has 2 N–H and O–H groups in total. The molecule has 2 aromatic heterocycles. The Morgan fingerprint density at radius 3 is 2.60 bits per heavy atom. The van der Waals surface area contributed by atoms with Crippen LogP contribution in [-0.2, 0) is 9.47 Å². The molecule has 3 aromatic rings. The molecule has 0 aliphatic heterocycles. The van der Waals surface area contributed by atoms with E-state index >= 15 is 0 Å².